The lowest BCUT2D eigenvalue weighted by molar-refractivity contribution is -0.151. The highest BCUT2D eigenvalue weighted by molar-refractivity contribution is 6.03. The Balaban J connectivity index is 2.37. The van der Waals surface area contributed by atoms with Gasteiger partial charge in [-0.2, -0.15) is 13.2 Å². The normalized spacial score (nSPS) is 15.3. The maximum Gasteiger partial charge on any atom is 0.453 e. The summed E-state index contributed by atoms with van der Waals surface area (Å²) in [6.07, 6.45) is -4.78. The van der Waals surface area contributed by atoms with E-state index in [1.807, 2.05) is 26.0 Å². The monoisotopic (exact) mass is 329 g/mol. The number of hydrogen-bond acceptors (Lipinski definition) is 3. The van der Waals surface area contributed by atoms with E-state index in [2.05, 4.69) is 10.1 Å². The fourth-order valence-corrected chi connectivity index (χ4v) is 2.31. The quantitative estimate of drug-likeness (QED) is 0.915. The minimum absolute atomic E-state index is 0.102. The van der Waals surface area contributed by atoms with Gasteiger partial charge in [0.25, 0.3) is 5.91 Å². The molecule has 1 aromatic carbocycles. The van der Waals surface area contributed by atoms with Crippen LogP contribution in [0.3, 0.4) is 0 Å². The minimum atomic E-state index is -4.78. The number of alkyl halides is 3. The number of carbonyl (C=O) groups excluding carboxylic acids is 1. The predicted octanol–water partition coefficient (Wildman–Crippen LogP) is 3.88. The maximum atomic E-state index is 12.9. The summed E-state index contributed by atoms with van der Waals surface area (Å²) in [6.45, 7) is 5.30. The van der Waals surface area contributed by atoms with Crippen molar-refractivity contribution in [3.63, 3.8) is 0 Å². The molecule has 0 unspecified atom stereocenters. The van der Waals surface area contributed by atoms with Crippen LogP contribution in [0.25, 0.3) is 0 Å². The molecule has 4 nitrogen and oxygen atoms in total. The lowest BCUT2D eigenvalue weighted by atomic mass is 9.98. The molecule has 126 valence electrons. The van der Waals surface area contributed by atoms with Crippen LogP contribution in [-0.2, 0) is 14.3 Å². The first kappa shape index (κ1) is 17.2. The Kier molecular flexibility index (Phi) is 4.87. The SMILES string of the molecule is Cc1cccc(C(C)C)c1NC(=O)C1=C(C(F)(F)F)OCCO1. The summed E-state index contributed by atoms with van der Waals surface area (Å²) in [5.41, 5.74) is 2.09. The summed E-state index contributed by atoms with van der Waals surface area (Å²) in [5.74, 6) is -3.08. The lowest BCUT2D eigenvalue weighted by Crippen LogP contribution is -2.30. The number of halogens is 3. The molecule has 0 saturated heterocycles. The largest absolute Gasteiger partial charge is 0.483 e. The Morgan fingerprint density at radius 1 is 1.22 bits per heavy atom. The number of ether oxygens (including phenoxy) is 2. The zero-order chi connectivity index (χ0) is 17.2. The number of hydrogen-bond donors (Lipinski definition) is 1. The number of para-hydroxylation sites is 1. The van der Waals surface area contributed by atoms with E-state index in [0.717, 1.165) is 11.1 Å². The molecule has 0 aliphatic carbocycles. The Labute approximate surface area is 132 Å². The number of rotatable bonds is 3. The molecule has 23 heavy (non-hydrogen) atoms. The Morgan fingerprint density at radius 3 is 2.48 bits per heavy atom. The van der Waals surface area contributed by atoms with Crippen LogP contribution in [0, 0.1) is 6.92 Å². The van der Waals surface area contributed by atoms with E-state index >= 15 is 0 Å². The fourth-order valence-electron chi connectivity index (χ4n) is 2.31. The van der Waals surface area contributed by atoms with E-state index in [-0.39, 0.29) is 19.1 Å². The van der Waals surface area contributed by atoms with Crippen molar-refractivity contribution >= 4 is 11.6 Å². The van der Waals surface area contributed by atoms with Gasteiger partial charge in [0.1, 0.15) is 13.2 Å². The second kappa shape index (κ2) is 6.52. The molecule has 1 amide bonds. The van der Waals surface area contributed by atoms with Crippen LogP contribution in [0.1, 0.15) is 30.9 Å². The number of benzene rings is 1. The zero-order valence-electron chi connectivity index (χ0n) is 13.1. The number of anilines is 1. The average molecular weight is 329 g/mol. The number of nitrogens with one attached hydrogen (secondary N) is 1. The van der Waals surface area contributed by atoms with Gasteiger partial charge in [-0.3, -0.25) is 4.79 Å². The molecule has 2 rings (SSSR count). The third-order valence-electron chi connectivity index (χ3n) is 3.41. The van der Waals surface area contributed by atoms with Crippen molar-refractivity contribution in [1.29, 1.82) is 0 Å². The van der Waals surface area contributed by atoms with Crippen molar-refractivity contribution in [2.45, 2.75) is 32.9 Å². The zero-order valence-corrected chi connectivity index (χ0v) is 13.1. The number of allylic oxidation sites excluding steroid dienone is 1. The second-order valence-electron chi connectivity index (χ2n) is 5.50. The molecule has 1 aliphatic heterocycles. The molecule has 7 heteroatoms. The molecule has 0 saturated carbocycles. The summed E-state index contributed by atoms with van der Waals surface area (Å²) in [6, 6.07) is 5.43. The molecule has 0 fully saturated rings. The highest BCUT2D eigenvalue weighted by Crippen LogP contribution is 2.33. The highest BCUT2D eigenvalue weighted by Gasteiger charge is 2.43. The Morgan fingerprint density at radius 2 is 1.87 bits per heavy atom. The van der Waals surface area contributed by atoms with Gasteiger partial charge >= 0.3 is 6.18 Å². The van der Waals surface area contributed by atoms with Gasteiger partial charge in [0, 0.05) is 5.69 Å². The van der Waals surface area contributed by atoms with E-state index in [4.69, 9.17) is 4.74 Å². The van der Waals surface area contributed by atoms with Gasteiger partial charge in [-0.1, -0.05) is 32.0 Å². The summed E-state index contributed by atoms with van der Waals surface area (Å²) in [4.78, 5) is 12.3. The summed E-state index contributed by atoms with van der Waals surface area (Å²) in [7, 11) is 0. The van der Waals surface area contributed by atoms with Crippen molar-refractivity contribution in [2.24, 2.45) is 0 Å². The molecular weight excluding hydrogens is 311 g/mol. The van der Waals surface area contributed by atoms with Gasteiger partial charge in [-0.05, 0) is 24.0 Å². The van der Waals surface area contributed by atoms with Gasteiger partial charge in [0.05, 0.1) is 0 Å². The van der Waals surface area contributed by atoms with Crippen LogP contribution in [0.5, 0.6) is 0 Å². The van der Waals surface area contributed by atoms with Crippen LogP contribution >= 0.6 is 0 Å². The average Bonchev–Trinajstić information content (AvgIpc) is 2.48. The molecule has 0 aromatic heterocycles. The molecular formula is C16H18F3NO3. The second-order valence-corrected chi connectivity index (χ2v) is 5.50. The molecule has 1 aromatic rings. The third-order valence-corrected chi connectivity index (χ3v) is 3.41. The first-order valence-corrected chi connectivity index (χ1v) is 7.19. The molecule has 0 radical (unpaired) electrons. The van der Waals surface area contributed by atoms with Crippen molar-refractivity contribution in [3.8, 4) is 0 Å². The molecule has 1 heterocycles. The molecule has 0 spiro atoms. The number of carbonyl (C=O) groups is 1. The smallest absolute Gasteiger partial charge is 0.453 e. The van der Waals surface area contributed by atoms with Crippen molar-refractivity contribution in [2.75, 3.05) is 18.5 Å². The van der Waals surface area contributed by atoms with Gasteiger partial charge in [0.2, 0.25) is 11.5 Å². The highest BCUT2D eigenvalue weighted by atomic mass is 19.4. The van der Waals surface area contributed by atoms with Gasteiger partial charge < -0.3 is 14.8 Å². The first-order valence-electron chi connectivity index (χ1n) is 7.19. The van der Waals surface area contributed by atoms with Gasteiger partial charge in [0.15, 0.2) is 0 Å². The topological polar surface area (TPSA) is 47.6 Å². The number of amides is 1. The first-order chi connectivity index (χ1) is 10.7. The van der Waals surface area contributed by atoms with Crippen LogP contribution < -0.4 is 5.32 Å². The Bertz CT molecular complexity index is 636. The lowest BCUT2D eigenvalue weighted by Gasteiger charge is -2.23. The van der Waals surface area contributed by atoms with Crippen molar-refractivity contribution < 1.29 is 27.4 Å². The molecule has 0 bridgehead atoms. The van der Waals surface area contributed by atoms with Crippen LogP contribution in [-0.4, -0.2) is 25.3 Å². The van der Waals surface area contributed by atoms with Gasteiger partial charge in [-0.25, -0.2) is 0 Å². The van der Waals surface area contributed by atoms with Crippen LogP contribution in [0.15, 0.2) is 29.7 Å². The van der Waals surface area contributed by atoms with E-state index < -0.39 is 23.6 Å². The maximum absolute atomic E-state index is 12.9. The van der Waals surface area contributed by atoms with Crippen molar-refractivity contribution in [1.82, 2.24) is 0 Å². The van der Waals surface area contributed by atoms with Crippen molar-refractivity contribution in [3.05, 3.63) is 40.8 Å². The minimum Gasteiger partial charge on any atom is -0.483 e. The summed E-state index contributed by atoms with van der Waals surface area (Å²) < 4.78 is 48.3. The molecule has 0 atom stereocenters. The van der Waals surface area contributed by atoms with Gasteiger partial charge in [-0.15, -0.1) is 0 Å². The van der Waals surface area contributed by atoms with E-state index in [0.29, 0.717) is 5.69 Å². The molecule has 1 aliphatic rings. The van der Waals surface area contributed by atoms with E-state index in [1.165, 1.54) is 0 Å². The van der Waals surface area contributed by atoms with E-state index in [1.54, 1.807) is 13.0 Å². The number of aryl methyl sites for hydroxylation is 1. The van der Waals surface area contributed by atoms with E-state index in [9.17, 15) is 18.0 Å². The fraction of sp³-hybridized carbons (Fsp3) is 0.438. The van der Waals surface area contributed by atoms with Crippen LogP contribution in [0.4, 0.5) is 18.9 Å². The standard InChI is InChI=1S/C16H18F3NO3/c1-9(2)11-6-4-5-10(3)12(11)20-15(21)13-14(16(17,18)19)23-8-7-22-13/h4-6,9H,7-8H2,1-3H3,(H,20,21). The predicted molar refractivity (Wildman–Crippen MR) is 78.9 cm³/mol. The van der Waals surface area contributed by atoms with Crippen LogP contribution in [0.2, 0.25) is 0 Å². The summed E-state index contributed by atoms with van der Waals surface area (Å²) in [5, 5.41) is 2.53. The third kappa shape index (κ3) is 3.78. The summed E-state index contributed by atoms with van der Waals surface area (Å²) >= 11 is 0. The molecule has 1 N–H and O–H groups in total. The Hall–Kier alpha value is -2.18.